The lowest BCUT2D eigenvalue weighted by Crippen LogP contribution is -2.30. The second-order valence-corrected chi connectivity index (χ2v) is 4.93. The predicted octanol–water partition coefficient (Wildman–Crippen LogP) is 1.90. The first-order valence-electron chi connectivity index (χ1n) is 6.77. The Morgan fingerprint density at radius 2 is 1.95 bits per heavy atom. The maximum atomic E-state index is 11.9. The van der Waals surface area contributed by atoms with E-state index < -0.39 is 0 Å². The molecule has 1 N–H and O–H groups in total. The van der Waals surface area contributed by atoms with Crippen LogP contribution in [0.1, 0.15) is 38.1 Å². The number of hydrogen-bond acceptors (Lipinski definition) is 4. The van der Waals surface area contributed by atoms with E-state index in [1.165, 1.54) is 0 Å². The van der Waals surface area contributed by atoms with Crippen molar-refractivity contribution in [2.24, 2.45) is 5.92 Å². The number of anilines is 1. The van der Waals surface area contributed by atoms with Crippen molar-refractivity contribution in [2.75, 3.05) is 19.0 Å². The van der Waals surface area contributed by atoms with Crippen LogP contribution in [0.5, 0.6) is 0 Å². The molecular formula is C14H24N4O. The molecule has 5 nitrogen and oxygen atoms in total. The Morgan fingerprint density at radius 3 is 2.47 bits per heavy atom. The van der Waals surface area contributed by atoms with Crippen LogP contribution in [0.2, 0.25) is 0 Å². The minimum Gasteiger partial charge on any atom is -0.350 e. The zero-order valence-electron chi connectivity index (χ0n) is 12.5. The van der Waals surface area contributed by atoms with Crippen molar-refractivity contribution in [3.05, 3.63) is 17.5 Å². The fourth-order valence-electron chi connectivity index (χ4n) is 1.89. The standard InChI is InChI=1S/C14H24N4O/c1-6-11(7-2)13(19)15-9-12-8-10(3)16-14(17-12)18(4)5/h8,11H,6-7,9H2,1-5H3,(H,15,19). The Kier molecular flexibility index (Phi) is 5.73. The number of rotatable bonds is 6. The van der Waals surface area contributed by atoms with Crippen LogP contribution in [0.15, 0.2) is 6.07 Å². The molecule has 0 bridgehead atoms. The van der Waals surface area contributed by atoms with Gasteiger partial charge in [0.2, 0.25) is 11.9 Å². The number of carbonyl (C=O) groups is 1. The summed E-state index contributed by atoms with van der Waals surface area (Å²) in [7, 11) is 3.81. The zero-order chi connectivity index (χ0) is 14.4. The summed E-state index contributed by atoms with van der Waals surface area (Å²) in [4.78, 5) is 22.5. The largest absolute Gasteiger partial charge is 0.350 e. The molecule has 0 saturated carbocycles. The lowest BCUT2D eigenvalue weighted by atomic mass is 10.0. The molecule has 1 aromatic rings. The van der Waals surface area contributed by atoms with Crippen molar-refractivity contribution in [1.82, 2.24) is 15.3 Å². The summed E-state index contributed by atoms with van der Waals surface area (Å²) in [5, 5.41) is 2.95. The molecule has 1 heterocycles. The summed E-state index contributed by atoms with van der Waals surface area (Å²) in [5.74, 6) is 0.871. The summed E-state index contributed by atoms with van der Waals surface area (Å²) in [6, 6.07) is 1.90. The number of carbonyl (C=O) groups excluding carboxylic acids is 1. The van der Waals surface area contributed by atoms with Crippen LogP contribution in [0.3, 0.4) is 0 Å². The third-order valence-electron chi connectivity index (χ3n) is 3.10. The van der Waals surface area contributed by atoms with Crippen molar-refractivity contribution in [3.63, 3.8) is 0 Å². The number of nitrogens with one attached hydrogen (secondary N) is 1. The molecule has 0 atom stereocenters. The summed E-state index contributed by atoms with van der Waals surface area (Å²) in [5.41, 5.74) is 1.75. The number of aromatic nitrogens is 2. The molecule has 1 amide bonds. The van der Waals surface area contributed by atoms with Crippen molar-refractivity contribution in [1.29, 1.82) is 0 Å². The topological polar surface area (TPSA) is 58.1 Å². The number of aryl methyl sites for hydroxylation is 1. The first-order valence-corrected chi connectivity index (χ1v) is 6.77. The third kappa shape index (κ3) is 4.50. The maximum Gasteiger partial charge on any atom is 0.225 e. The Labute approximate surface area is 115 Å². The summed E-state index contributed by atoms with van der Waals surface area (Å²) in [6.07, 6.45) is 1.74. The van der Waals surface area contributed by atoms with Crippen LogP contribution in [0.4, 0.5) is 5.95 Å². The molecule has 0 aliphatic rings. The molecular weight excluding hydrogens is 240 g/mol. The van der Waals surface area contributed by atoms with Crippen LogP contribution in [0, 0.1) is 12.8 Å². The van der Waals surface area contributed by atoms with E-state index in [2.05, 4.69) is 15.3 Å². The van der Waals surface area contributed by atoms with Gasteiger partial charge in [-0.05, 0) is 25.8 Å². The zero-order valence-corrected chi connectivity index (χ0v) is 12.5. The van der Waals surface area contributed by atoms with Crippen LogP contribution in [-0.4, -0.2) is 30.0 Å². The maximum absolute atomic E-state index is 11.9. The quantitative estimate of drug-likeness (QED) is 0.852. The highest BCUT2D eigenvalue weighted by Gasteiger charge is 2.14. The Hall–Kier alpha value is -1.65. The van der Waals surface area contributed by atoms with Crippen LogP contribution in [-0.2, 0) is 11.3 Å². The Bertz CT molecular complexity index is 427. The second kappa shape index (κ2) is 7.07. The summed E-state index contributed by atoms with van der Waals surface area (Å²) >= 11 is 0. The highest BCUT2D eigenvalue weighted by molar-refractivity contribution is 5.78. The summed E-state index contributed by atoms with van der Waals surface area (Å²) < 4.78 is 0. The monoisotopic (exact) mass is 264 g/mol. The van der Waals surface area contributed by atoms with E-state index >= 15 is 0 Å². The number of nitrogens with zero attached hydrogens (tertiary/aromatic N) is 3. The van der Waals surface area contributed by atoms with Crippen LogP contribution < -0.4 is 10.2 Å². The number of hydrogen-bond donors (Lipinski definition) is 1. The van der Waals surface area contributed by atoms with Crippen molar-refractivity contribution in [3.8, 4) is 0 Å². The fourth-order valence-corrected chi connectivity index (χ4v) is 1.89. The van der Waals surface area contributed by atoms with Gasteiger partial charge in [0.1, 0.15) is 0 Å². The predicted molar refractivity (Wildman–Crippen MR) is 77.0 cm³/mol. The van der Waals surface area contributed by atoms with E-state index in [-0.39, 0.29) is 11.8 Å². The molecule has 19 heavy (non-hydrogen) atoms. The SMILES string of the molecule is CCC(CC)C(=O)NCc1cc(C)nc(N(C)C)n1. The molecule has 5 heteroatoms. The van der Waals surface area contributed by atoms with Gasteiger partial charge < -0.3 is 10.2 Å². The Balaban J connectivity index is 2.70. The van der Waals surface area contributed by atoms with Gasteiger partial charge in [-0.3, -0.25) is 4.79 Å². The average Bonchev–Trinajstić information content (AvgIpc) is 2.37. The van der Waals surface area contributed by atoms with E-state index in [1.54, 1.807) is 0 Å². The highest BCUT2D eigenvalue weighted by Crippen LogP contribution is 2.09. The van der Waals surface area contributed by atoms with Crippen molar-refractivity contribution < 1.29 is 4.79 Å². The minimum atomic E-state index is 0.0938. The molecule has 0 fully saturated rings. The van der Waals surface area contributed by atoms with Crippen molar-refractivity contribution >= 4 is 11.9 Å². The van der Waals surface area contributed by atoms with Gasteiger partial charge in [-0.15, -0.1) is 0 Å². The van der Waals surface area contributed by atoms with E-state index in [0.717, 1.165) is 24.2 Å². The first-order chi connectivity index (χ1) is 8.97. The first kappa shape index (κ1) is 15.4. The van der Waals surface area contributed by atoms with Crippen LogP contribution >= 0.6 is 0 Å². The average molecular weight is 264 g/mol. The molecule has 1 aromatic heterocycles. The van der Waals surface area contributed by atoms with Gasteiger partial charge in [-0.25, -0.2) is 9.97 Å². The summed E-state index contributed by atoms with van der Waals surface area (Å²) in [6.45, 7) is 6.46. The normalized spacial score (nSPS) is 10.6. The fraction of sp³-hybridized carbons (Fsp3) is 0.643. The molecule has 0 radical (unpaired) electrons. The number of amides is 1. The second-order valence-electron chi connectivity index (χ2n) is 4.93. The molecule has 0 aromatic carbocycles. The molecule has 1 rings (SSSR count). The molecule has 0 saturated heterocycles. The molecule has 0 aliphatic carbocycles. The third-order valence-corrected chi connectivity index (χ3v) is 3.10. The lowest BCUT2D eigenvalue weighted by Gasteiger charge is -2.14. The molecule has 0 unspecified atom stereocenters. The molecule has 106 valence electrons. The van der Waals surface area contributed by atoms with Gasteiger partial charge in [-0.2, -0.15) is 0 Å². The van der Waals surface area contributed by atoms with E-state index in [1.807, 2.05) is 45.8 Å². The highest BCUT2D eigenvalue weighted by atomic mass is 16.1. The van der Waals surface area contributed by atoms with Gasteiger partial charge >= 0.3 is 0 Å². The van der Waals surface area contributed by atoms with Gasteiger partial charge in [0.05, 0.1) is 12.2 Å². The van der Waals surface area contributed by atoms with Crippen molar-refractivity contribution in [2.45, 2.75) is 40.2 Å². The van der Waals surface area contributed by atoms with Gasteiger partial charge in [0, 0.05) is 25.7 Å². The van der Waals surface area contributed by atoms with Crippen LogP contribution in [0.25, 0.3) is 0 Å². The molecule has 0 spiro atoms. The van der Waals surface area contributed by atoms with Gasteiger partial charge in [-0.1, -0.05) is 13.8 Å². The lowest BCUT2D eigenvalue weighted by molar-refractivity contribution is -0.125. The van der Waals surface area contributed by atoms with Gasteiger partial charge in [0.25, 0.3) is 0 Å². The molecule has 0 aliphatic heterocycles. The van der Waals surface area contributed by atoms with E-state index in [0.29, 0.717) is 12.5 Å². The minimum absolute atomic E-state index is 0.0938. The van der Waals surface area contributed by atoms with Gasteiger partial charge in [0.15, 0.2) is 0 Å². The van der Waals surface area contributed by atoms with E-state index in [9.17, 15) is 4.79 Å². The Morgan fingerprint density at radius 1 is 1.32 bits per heavy atom. The van der Waals surface area contributed by atoms with E-state index in [4.69, 9.17) is 0 Å². The smallest absolute Gasteiger partial charge is 0.225 e.